The second kappa shape index (κ2) is 3.66. The lowest BCUT2D eigenvalue weighted by molar-refractivity contribution is -0.496. The standard InChI is InChI=1S/C6H7N3O4S/c1-14(12,13)6-7-2-5(3-8-6)4-9(10)11/h2-3H,4H2,1H3. The van der Waals surface area contributed by atoms with Gasteiger partial charge in [-0.25, -0.2) is 18.4 Å². The Bertz CT molecular complexity index is 439. The molecule has 1 aromatic rings. The fourth-order valence-electron chi connectivity index (χ4n) is 0.765. The lowest BCUT2D eigenvalue weighted by atomic mass is 10.3. The SMILES string of the molecule is CS(=O)(=O)c1ncc(C[N+](=O)[O-])cn1. The maximum Gasteiger partial charge on any atom is 0.246 e. The van der Waals surface area contributed by atoms with Crippen molar-refractivity contribution in [3.63, 3.8) is 0 Å². The Morgan fingerprint density at radius 1 is 1.43 bits per heavy atom. The highest BCUT2D eigenvalue weighted by Gasteiger charge is 2.11. The highest BCUT2D eigenvalue weighted by atomic mass is 32.2. The van der Waals surface area contributed by atoms with Gasteiger partial charge in [0.25, 0.3) is 0 Å². The average molecular weight is 217 g/mol. The van der Waals surface area contributed by atoms with Crippen LogP contribution in [-0.2, 0) is 16.4 Å². The summed E-state index contributed by atoms with van der Waals surface area (Å²) in [5.41, 5.74) is 0.266. The zero-order chi connectivity index (χ0) is 10.8. The van der Waals surface area contributed by atoms with E-state index in [1.807, 2.05) is 0 Å². The Morgan fingerprint density at radius 3 is 2.29 bits per heavy atom. The van der Waals surface area contributed by atoms with Crippen LogP contribution < -0.4 is 0 Å². The summed E-state index contributed by atoms with van der Waals surface area (Å²) in [6.45, 7) is -0.413. The van der Waals surface area contributed by atoms with E-state index in [9.17, 15) is 18.5 Å². The first-order valence-corrected chi connectivity index (χ1v) is 5.41. The average Bonchev–Trinajstić information content (AvgIpc) is 2.02. The van der Waals surface area contributed by atoms with Crippen molar-refractivity contribution in [1.82, 2.24) is 9.97 Å². The molecule has 1 heterocycles. The first kappa shape index (κ1) is 10.5. The molecule has 7 nitrogen and oxygen atoms in total. The topological polar surface area (TPSA) is 103 Å². The molecule has 0 amide bonds. The van der Waals surface area contributed by atoms with E-state index in [-0.39, 0.29) is 10.7 Å². The Hall–Kier alpha value is -1.57. The van der Waals surface area contributed by atoms with Gasteiger partial charge in [0.1, 0.15) is 0 Å². The van der Waals surface area contributed by atoms with Crippen LogP contribution in [0, 0.1) is 10.1 Å². The Balaban J connectivity index is 2.95. The third-order valence-electron chi connectivity index (χ3n) is 1.32. The number of aromatic nitrogens is 2. The van der Waals surface area contributed by atoms with Crippen LogP contribution in [0.5, 0.6) is 0 Å². The summed E-state index contributed by atoms with van der Waals surface area (Å²) in [4.78, 5) is 16.5. The zero-order valence-corrected chi connectivity index (χ0v) is 8.06. The van der Waals surface area contributed by atoms with Crippen LogP contribution in [-0.4, -0.2) is 29.6 Å². The summed E-state index contributed by atoms with van der Waals surface area (Å²) in [7, 11) is -3.44. The molecule has 0 spiro atoms. The van der Waals surface area contributed by atoms with Crippen molar-refractivity contribution in [3.05, 3.63) is 28.1 Å². The second-order valence-electron chi connectivity index (χ2n) is 2.64. The number of nitro groups is 1. The Morgan fingerprint density at radius 2 is 1.93 bits per heavy atom. The van der Waals surface area contributed by atoms with Crippen LogP contribution in [0.25, 0.3) is 0 Å². The van der Waals surface area contributed by atoms with E-state index in [0.717, 1.165) is 18.6 Å². The molecule has 0 fully saturated rings. The summed E-state index contributed by atoms with van der Waals surface area (Å²) in [5, 5.41) is 9.75. The van der Waals surface area contributed by atoms with Crippen molar-refractivity contribution >= 4 is 9.84 Å². The molecule has 1 aromatic heterocycles. The predicted octanol–water partition coefficient (Wildman–Crippen LogP) is -0.343. The van der Waals surface area contributed by atoms with Crippen molar-refractivity contribution < 1.29 is 13.3 Å². The highest BCUT2D eigenvalue weighted by molar-refractivity contribution is 7.90. The maximum atomic E-state index is 10.9. The van der Waals surface area contributed by atoms with Gasteiger partial charge in [-0.1, -0.05) is 0 Å². The Kier molecular flexibility index (Phi) is 2.75. The molecule has 0 radical (unpaired) electrons. The molecule has 0 N–H and O–H groups in total. The van der Waals surface area contributed by atoms with E-state index in [4.69, 9.17) is 0 Å². The van der Waals surface area contributed by atoms with Gasteiger partial charge in [0.05, 0.1) is 5.56 Å². The fourth-order valence-corrected chi connectivity index (χ4v) is 1.25. The van der Waals surface area contributed by atoms with Crippen molar-refractivity contribution in [3.8, 4) is 0 Å². The lowest BCUT2D eigenvalue weighted by Crippen LogP contribution is -2.06. The zero-order valence-electron chi connectivity index (χ0n) is 7.24. The first-order valence-electron chi connectivity index (χ1n) is 3.52. The van der Waals surface area contributed by atoms with Crippen molar-refractivity contribution in [2.75, 3.05) is 6.26 Å². The van der Waals surface area contributed by atoms with Gasteiger partial charge >= 0.3 is 0 Å². The van der Waals surface area contributed by atoms with Crippen molar-refractivity contribution in [2.24, 2.45) is 0 Å². The van der Waals surface area contributed by atoms with Crippen LogP contribution in [0.2, 0.25) is 0 Å². The molecule has 0 atom stereocenters. The summed E-state index contributed by atoms with van der Waals surface area (Å²) < 4.78 is 21.8. The molecular formula is C6H7N3O4S. The molecule has 0 aliphatic heterocycles. The molecule has 76 valence electrons. The molecule has 0 unspecified atom stereocenters. The van der Waals surface area contributed by atoms with Gasteiger partial charge in [-0.15, -0.1) is 0 Å². The van der Waals surface area contributed by atoms with Crippen molar-refractivity contribution in [1.29, 1.82) is 0 Å². The quantitative estimate of drug-likeness (QED) is 0.389. The summed E-state index contributed by atoms with van der Waals surface area (Å²) >= 11 is 0. The van der Waals surface area contributed by atoms with Gasteiger partial charge in [-0.05, 0) is 0 Å². The van der Waals surface area contributed by atoms with E-state index in [1.54, 1.807) is 0 Å². The van der Waals surface area contributed by atoms with Crippen LogP contribution >= 0.6 is 0 Å². The van der Waals surface area contributed by atoms with E-state index >= 15 is 0 Å². The largest absolute Gasteiger partial charge is 0.264 e. The molecule has 8 heteroatoms. The van der Waals surface area contributed by atoms with Gasteiger partial charge in [0.2, 0.25) is 21.5 Å². The van der Waals surface area contributed by atoms with Crippen LogP contribution in [0.1, 0.15) is 5.56 Å². The van der Waals surface area contributed by atoms with Crippen LogP contribution in [0.4, 0.5) is 0 Å². The molecule has 0 aromatic carbocycles. The third-order valence-corrected chi connectivity index (χ3v) is 2.20. The number of nitrogens with zero attached hydrogens (tertiary/aromatic N) is 3. The molecule has 0 saturated carbocycles. The Labute approximate surface area is 79.9 Å². The predicted molar refractivity (Wildman–Crippen MR) is 45.8 cm³/mol. The summed E-state index contributed by atoms with van der Waals surface area (Å²) in [6.07, 6.45) is 3.23. The summed E-state index contributed by atoms with van der Waals surface area (Å²) in [5.74, 6) is 0. The molecule has 0 saturated heterocycles. The number of hydrogen-bond acceptors (Lipinski definition) is 6. The lowest BCUT2D eigenvalue weighted by Gasteiger charge is -1.96. The van der Waals surface area contributed by atoms with Gasteiger partial charge in [0.15, 0.2) is 0 Å². The minimum atomic E-state index is -3.44. The molecule has 0 aliphatic carbocycles. The monoisotopic (exact) mass is 217 g/mol. The molecular weight excluding hydrogens is 210 g/mol. The fraction of sp³-hybridized carbons (Fsp3) is 0.333. The minimum Gasteiger partial charge on any atom is -0.264 e. The number of rotatable bonds is 3. The van der Waals surface area contributed by atoms with Gasteiger partial charge in [-0.3, -0.25) is 10.1 Å². The number of sulfone groups is 1. The van der Waals surface area contributed by atoms with E-state index in [2.05, 4.69) is 9.97 Å². The minimum absolute atomic E-state index is 0.266. The maximum absolute atomic E-state index is 10.9. The van der Waals surface area contributed by atoms with E-state index in [0.29, 0.717) is 0 Å². The molecule has 14 heavy (non-hydrogen) atoms. The smallest absolute Gasteiger partial charge is 0.246 e. The van der Waals surface area contributed by atoms with E-state index < -0.39 is 21.3 Å². The molecule has 1 rings (SSSR count). The van der Waals surface area contributed by atoms with Crippen LogP contribution in [0.15, 0.2) is 17.6 Å². The third kappa shape index (κ3) is 2.73. The highest BCUT2D eigenvalue weighted by Crippen LogP contribution is 2.02. The first-order chi connectivity index (χ1) is 6.39. The van der Waals surface area contributed by atoms with E-state index in [1.165, 1.54) is 0 Å². The number of hydrogen-bond donors (Lipinski definition) is 0. The molecule has 0 bridgehead atoms. The van der Waals surface area contributed by atoms with Crippen molar-refractivity contribution in [2.45, 2.75) is 11.7 Å². The van der Waals surface area contributed by atoms with Gasteiger partial charge in [-0.2, -0.15) is 0 Å². The van der Waals surface area contributed by atoms with Gasteiger partial charge < -0.3 is 0 Å². The van der Waals surface area contributed by atoms with Crippen LogP contribution in [0.3, 0.4) is 0 Å². The molecule has 0 aliphatic rings. The normalized spacial score (nSPS) is 11.2. The summed E-state index contributed by atoms with van der Waals surface area (Å²) in [6, 6.07) is 0. The second-order valence-corrected chi connectivity index (χ2v) is 4.55. The van der Waals surface area contributed by atoms with Gasteiger partial charge in [0, 0.05) is 23.6 Å².